The van der Waals surface area contributed by atoms with Crippen LogP contribution in [0.2, 0.25) is 0 Å². The van der Waals surface area contributed by atoms with E-state index in [-0.39, 0.29) is 18.0 Å². The smallest absolute Gasteiger partial charge is 0.414 e. The number of rotatable bonds is 2. The van der Waals surface area contributed by atoms with Gasteiger partial charge in [0.1, 0.15) is 5.60 Å². The molecule has 2 heterocycles. The van der Waals surface area contributed by atoms with Crippen molar-refractivity contribution in [3.63, 3.8) is 0 Å². The van der Waals surface area contributed by atoms with Crippen LogP contribution in [0.5, 0.6) is 0 Å². The molecule has 0 radical (unpaired) electrons. The largest absolute Gasteiger partial charge is 0.466 e. The number of amides is 1. The number of ether oxygens (including phenoxy) is 2. The number of esters is 1. The van der Waals surface area contributed by atoms with E-state index < -0.39 is 5.60 Å². The molecule has 1 unspecified atom stereocenters. The number of hydrogen-bond donors (Lipinski definition) is 1. The molecule has 1 atom stereocenters. The molecule has 23 heavy (non-hydrogen) atoms. The molecule has 0 aliphatic carbocycles. The van der Waals surface area contributed by atoms with Crippen LogP contribution in [0.3, 0.4) is 0 Å². The summed E-state index contributed by atoms with van der Waals surface area (Å²) >= 11 is 0. The molecule has 0 saturated carbocycles. The predicted octanol–water partition coefficient (Wildman–Crippen LogP) is 2.34. The zero-order valence-electron chi connectivity index (χ0n) is 14.1. The zero-order valence-corrected chi connectivity index (χ0v) is 14.1. The third kappa shape index (κ3) is 4.61. The van der Waals surface area contributed by atoms with E-state index in [2.05, 4.69) is 5.32 Å². The van der Waals surface area contributed by atoms with Crippen LogP contribution in [0.15, 0.2) is 35.7 Å². The van der Waals surface area contributed by atoms with Crippen LogP contribution in [0, 0.1) is 5.92 Å². The van der Waals surface area contributed by atoms with Crippen molar-refractivity contribution in [2.24, 2.45) is 5.92 Å². The topological polar surface area (TPSA) is 67.9 Å². The number of carbonyl (C=O) groups is 2. The van der Waals surface area contributed by atoms with Crippen molar-refractivity contribution in [2.75, 3.05) is 20.2 Å². The molecule has 0 saturated heterocycles. The molecule has 0 fully saturated rings. The highest BCUT2D eigenvalue weighted by Gasteiger charge is 2.26. The number of nitrogens with zero attached hydrogens (tertiary/aromatic N) is 1. The first-order valence-corrected chi connectivity index (χ1v) is 7.69. The van der Waals surface area contributed by atoms with Crippen LogP contribution in [-0.4, -0.2) is 42.8 Å². The standard InChI is InChI=1S/C17H24N2O4/c1-17(2,3)23-16(21)19-7-5-12(6-8-19)13-9-14(11-18-10-13)15(20)22-4/h5-7,11,13,18H,8-10H2,1-4H3. The molecule has 6 nitrogen and oxygen atoms in total. The summed E-state index contributed by atoms with van der Waals surface area (Å²) in [4.78, 5) is 25.2. The van der Waals surface area contributed by atoms with Crippen LogP contribution in [0.4, 0.5) is 4.79 Å². The van der Waals surface area contributed by atoms with E-state index in [4.69, 9.17) is 9.47 Å². The van der Waals surface area contributed by atoms with Gasteiger partial charge in [-0.2, -0.15) is 0 Å². The molecule has 0 bridgehead atoms. The van der Waals surface area contributed by atoms with Gasteiger partial charge in [0.25, 0.3) is 0 Å². The van der Waals surface area contributed by atoms with E-state index in [0.29, 0.717) is 18.5 Å². The molecule has 0 spiro atoms. The quantitative estimate of drug-likeness (QED) is 0.791. The number of hydrogen-bond acceptors (Lipinski definition) is 5. The van der Waals surface area contributed by atoms with Gasteiger partial charge < -0.3 is 14.8 Å². The highest BCUT2D eigenvalue weighted by Crippen LogP contribution is 2.26. The average molecular weight is 320 g/mol. The van der Waals surface area contributed by atoms with Gasteiger partial charge in [0.05, 0.1) is 12.7 Å². The van der Waals surface area contributed by atoms with Gasteiger partial charge in [-0.3, -0.25) is 4.90 Å². The minimum Gasteiger partial charge on any atom is -0.466 e. The van der Waals surface area contributed by atoms with Crippen LogP contribution < -0.4 is 5.32 Å². The van der Waals surface area contributed by atoms with Gasteiger partial charge in [0.15, 0.2) is 0 Å². The number of methoxy groups -OCH3 is 1. The van der Waals surface area contributed by atoms with E-state index in [1.165, 1.54) is 12.0 Å². The summed E-state index contributed by atoms with van der Waals surface area (Å²) < 4.78 is 10.1. The maximum atomic E-state index is 12.0. The minimum absolute atomic E-state index is 0.186. The van der Waals surface area contributed by atoms with Crippen LogP contribution >= 0.6 is 0 Å². The lowest BCUT2D eigenvalue weighted by Crippen LogP contribution is -2.35. The first-order chi connectivity index (χ1) is 10.8. The van der Waals surface area contributed by atoms with E-state index in [0.717, 1.165) is 12.1 Å². The number of carbonyl (C=O) groups excluding carboxylic acids is 2. The van der Waals surface area contributed by atoms with Crippen LogP contribution in [-0.2, 0) is 14.3 Å². The van der Waals surface area contributed by atoms with Gasteiger partial charge in [-0.15, -0.1) is 0 Å². The molecule has 2 aliphatic heterocycles. The van der Waals surface area contributed by atoms with Gasteiger partial charge in [0.2, 0.25) is 0 Å². The third-order valence-electron chi connectivity index (χ3n) is 3.62. The van der Waals surface area contributed by atoms with Crippen molar-refractivity contribution >= 4 is 12.1 Å². The first-order valence-electron chi connectivity index (χ1n) is 7.69. The highest BCUT2D eigenvalue weighted by molar-refractivity contribution is 5.88. The van der Waals surface area contributed by atoms with Gasteiger partial charge in [-0.25, -0.2) is 9.59 Å². The van der Waals surface area contributed by atoms with Gasteiger partial charge >= 0.3 is 12.1 Å². The molecule has 2 aliphatic rings. The fourth-order valence-electron chi connectivity index (χ4n) is 2.50. The summed E-state index contributed by atoms with van der Waals surface area (Å²) in [5, 5.41) is 3.12. The zero-order chi connectivity index (χ0) is 17.0. The van der Waals surface area contributed by atoms with Gasteiger partial charge in [-0.1, -0.05) is 6.08 Å². The Morgan fingerprint density at radius 2 is 2.09 bits per heavy atom. The Morgan fingerprint density at radius 1 is 1.35 bits per heavy atom. The lowest BCUT2D eigenvalue weighted by molar-refractivity contribution is -0.136. The number of allylic oxidation sites excluding steroid dienone is 1. The predicted molar refractivity (Wildman–Crippen MR) is 86.4 cm³/mol. The molecule has 0 aromatic rings. The van der Waals surface area contributed by atoms with Crippen molar-refractivity contribution in [1.29, 1.82) is 0 Å². The van der Waals surface area contributed by atoms with E-state index in [9.17, 15) is 9.59 Å². The summed E-state index contributed by atoms with van der Waals surface area (Å²) in [5.41, 5.74) is 1.22. The Morgan fingerprint density at radius 3 is 2.65 bits per heavy atom. The second kappa shape index (κ2) is 6.89. The Kier molecular flexibility index (Phi) is 5.13. The van der Waals surface area contributed by atoms with Crippen molar-refractivity contribution in [2.45, 2.75) is 32.8 Å². The molecular formula is C17H24N2O4. The second-order valence-electron chi connectivity index (χ2n) is 6.62. The third-order valence-corrected chi connectivity index (χ3v) is 3.62. The van der Waals surface area contributed by atoms with Crippen LogP contribution in [0.25, 0.3) is 0 Å². The molecular weight excluding hydrogens is 296 g/mol. The molecule has 0 aromatic carbocycles. The van der Waals surface area contributed by atoms with Crippen molar-refractivity contribution in [3.05, 3.63) is 35.7 Å². The summed E-state index contributed by atoms with van der Waals surface area (Å²) in [7, 11) is 1.38. The van der Waals surface area contributed by atoms with Gasteiger partial charge in [0, 0.05) is 31.4 Å². The highest BCUT2D eigenvalue weighted by atomic mass is 16.6. The van der Waals surface area contributed by atoms with E-state index in [1.54, 1.807) is 12.4 Å². The Balaban J connectivity index is 1.95. The molecule has 2 rings (SSSR count). The van der Waals surface area contributed by atoms with Crippen molar-refractivity contribution < 1.29 is 19.1 Å². The summed E-state index contributed by atoms with van der Waals surface area (Å²) in [6.07, 6.45) is 7.61. The summed E-state index contributed by atoms with van der Waals surface area (Å²) in [6.45, 7) is 6.74. The summed E-state index contributed by atoms with van der Waals surface area (Å²) in [6, 6.07) is 0. The molecule has 1 amide bonds. The Hall–Kier alpha value is -2.24. The monoisotopic (exact) mass is 320 g/mol. The fraction of sp³-hybridized carbons (Fsp3) is 0.529. The van der Waals surface area contributed by atoms with E-state index >= 15 is 0 Å². The molecule has 6 heteroatoms. The molecule has 126 valence electrons. The average Bonchev–Trinajstić information content (AvgIpc) is 2.53. The molecule has 0 aromatic heterocycles. The van der Waals surface area contributed by atoms with Crippen molar-refractivity contribution in [3.8, 4) is 0 Å². The Bertz CT molecular complexity index is 570. The van der Waals surface area contributed by atoms with E-state index in [1.807, 2.05) is 32.9 Å². The van der Waals surface area contributed by atoms with Crippen LogP contribution in [0.1, 0.15) is 27.2 Å². The van der Waals surface area contributed by atoms with Gasteiger partial charge in [-0.05, 0) is 38.8 Å². The first kappa shape index (κ1) is 17.1. The minimum atomic E-state index is -0.511. The maximum Gasteiger partial charge on any atom is 0.414 e. The lowest BCUT2D eigenvalue weighted by Gasteiger charge is -2.29. The fourth-order valence-corrected chi connectivity index (χ4v) is 2.50. The Labute approximate surface area is 136 Å². The number of nitrogens with one attached hydrogen (secondary N) is 1. The summed E-state index contributed by atoms with van der Waals surface area (Å²) in [5.74, 6) is -0.121. The maximum absolute atomic E-state index is 12.0. The second-order valence-corrected chi connectivity index (χ2v) is 6.62. The lowest BCUT2D eigenvalue weighted by atomic mass is 9.88. The molecule has 1 N–H and O–H groups in total. The van der Waals surface area contributed by atoms with Crippen molar-refractivity contribution in [1.82, 2.24) is 10.2 Å². The normalized spacial score (nSPS) is 21.0. The SMILES string of the molecule is COC(=O)C1=CNCC(C2=CCN(C(=O)OC(C)(C)C)C=C2)C1.